The molecule has 1 saturated heterocycles. The third-order valence-corrected chi connectivity index (χ3v) is 3.43. The van der Waals surface area contributed by atoms with Crippen molar-refractivity contribution in [2.45, 2.75) is 19.3 Å². The van der Waals surface area contributed by atoms with Crippen LogP contribution in [0.4, 0.5) is 0 Å². The fraction of sp³-hybridized carbons (Fsp3) is 0.312. The summed E-state index contributed by atoms with van der Waals surface area (Å²) in [7, 11) is 0. The van der Waals surface area contributed by atoms with Gasteiger partial charge in [0.05, 0.1) is 0 Å². The third-order valence-electron chi connectivity index (χ3n) is 3.18. The van der Waals surface area contributed by atoms with Crippen LogP contribution in [-0.2, 0) is 4.79 Å². The molecule has 19 heavy (non-hydrogen) atoms. The molecule has 0 radical (unpaired) electrons. The van der Waals surface area contributed by atoms with E-state index < -0.39 is 0 Å². The van der Waals surface area contributed by atoms with Gasteiger partial charge in [0.2, 0.25) is 5.91 Å². The van der Waals surface area contributed by atoms with Gasteiger partial charge in [-0.3, -0.25) is 4.79 Å². The molecule has 1 aliphatic rings. The highest BCUT2D eigenvalue weighted by molar-refractivity contribution is 6.30. The normalized spacial score (nSPS) is 16.4. The fourth-order valence-electron chi connectivity index (χ4n) is 2.10. The number of carbonyl (C=O) groups is 1. The average Bonchev–Trinajstić information content (AvgIpc) is 2.46. The van der Waals surface area contributed by atoms with Crippen molar-refractivity contribution >= 4 is 23.6 Å². The lowest BCUT2D eigenvalue weighted by Crippen LogP contribution is -2.34. The molecule has 0 spiro atoms. The first kappa shape index (κ1) is 13.9. The number of piperidine rings is 1. The predicted octanol–water partition coefficient (Wildman–Crippen LogP) is 3.92. The van der Waals surface area contributed by atoms with Crippen molar-refractivity contribution in [3.8, 4) is 0 Å². The van der Waals surface area contributed by atoms with Crippen LogP contribution in [0.15, 0.2) is 42.5 Å². The van der Waals surface area contributed by atoms with Gasteiger partial charge in [-0.15, -0.1) is 0 Å². The summed E-state index contributed by atoms with van der Waals surface area (Å²) in [5.41, 5.74) is 1.07. The second kappa shape index (κ2) is 7.15. The van der Waals surface area contributed by atoms with Crippen LogP contribution in [0, 0.1) is 0 Å². The van der Waals surface area contributed by atoms with Gasteiger partial charge >= 0.3 is 0 Å². The zero-order valence-corrected chi connectivity index (χ0v) is 11.6. The molecule has 1 fully saturated rings. The molecular weight excluding hydrogens is 258 g/mol. The van der Waals surface area contributed by atoms with E-state index in [0.717, 1.165) is 36.5 Å². The average molecular weight is 276 g/mol. The lowest BCUT2D eigenvalue weighted by molar-refractivity contribution is -0.126. The van der Waals surface area contributed by atoms with Gasteiger partial charge in [0.25, 0.3) is 0 Å². The van der Waals surface area contributed by atoms with E-state index in [-0.39, 0.29) is 5.91 Å². The summed E-state index contributed by atoms with van der Waals surface area (Å²) in [5.74, 6) is 0.112. The molecule has 1 aliphatic heterocycles. The molecule has 0 bridgehead atoms. The SMILES string of the molecule is O=C(/C=C/C=C/c1ccc(Cl)cc1)N1CCCCC1. The minimum absolute atomic E-state index is 0.112. The Hall–Kier alpha value is -1.54. The van der Waals surface area contributed by atoms with Crippen molar-refractivity contribution in [1.29, 1.82) is 0 Å². The molecule has 2 rings (SSSR count). The molecular formula is C16H18ClNO. The van der Waals surface area contributed by atoms with Crippen LogP contribution in [0.25, 0.3) is 6.08 Å². The van der Waals surface area contributed by atoms with E-state index >= 15 is 0 Å². The molecule has 0 saturated carbocycles. The maximum absolute atomic E-state index is 11.8. The highest BCUT2D eigenvalue weighted by Gasteiger charge is 2.12. The standard InChI is InChI=1S/C16H18ClNO/c17-15-10-8-14(9-11-15)6-2-3-7-16(19)18-12-4-1-5-13-18/h2-3,6-11H,1,4-5,12-13H2/b6-2+,7-3+. The van der Waals surface area contributed by atoms with Crippen molar-refractivity contribution in [2.75, 3.05) is 13.1 Å². The molecule has 0 aliphatic carbocycles. The Labute approximate surface area is 119 Å². The molecule has 100 valence electrons. The van der Waals surface area contributed by atoms with Gasteiger partial charge in [-0.25, -0.2) is 0 Å². The summed E-state index contributed by atoms with van der Waals surface area (Å²) in [6, 6.07) is 7.59. The lowest BCUT2D eigenvalue weighted by Gasteiger charge is -2.25. The smallest absolute Gasteiger partial charge is 0.246 e. The Morgan fingerprint density at radius 1 is 1.05 bits per heavy atom. The van der Waals surface area contributed by atoms with E-state index in [1.54, 1.807) is 12.2 Å². The van der Waals surface area contributed by atoms with Crippen molar-refractivity contribution in [3.63, 3.8) is 0 Å². The molecule has 0 N–H and O–H groups in total. The molecule has 0 aromatic heterocycles. The molecule has 2 nitrogen and oxygen atoms in total. The van der Waals surface area contributed by atoms with E-state index in [1.807, 2.05) is 41.3 Å². The first-order valence-electron chi connectivity index (χ1n) is 6.65. The predicted molar refractivity (Wildman–Crippen MR) is 80.1 cm³/mol. The van der Waals surface area contributed by atoms with Crippen LogP contribution in [0.3, 0.4) is 0 Å². The number of benzene rings is 1. The second-order valence-corrected chi connectivity index (χ2v) is 5.09. The first-order valence-corrected chi connectivity index (χ1v) is 7.03. The molecule has 1 amide bonds. The Morgan fingerprint density at radius 3 is 2.42 bits per heavy atom. The highest BCUT2D eigenvalue weighted by atomic mass is 35.5. The van der Waals surface area contributed by atoms with E-state index in [2.05, 4.69) is 0 Å². The summed E-state index contributed by atoms with van der Waals surface area (Å²) in [4.78, 5) is 13.8. The summed E-state index contributed by atoms with van der Waals surface area (Å²) in [5, 5.41) is 0.730. The van der Waals surface area contributed by atoms with E-state index in [9.17, 15) is 4.79 Å². The van der Waals surface area contributed by atoms with Gasteiger partial charge in [0.15, 0.2) is 0 Å². The third kappa shape index (κ3) is 4.56. The largest absolute Gasteiger partial charge is 0.339 e. The zero-order chi connectivity index (χ0) is 13.5. The topological polar surface area (TPSA) is 20.3 Å². The number of likely N-dealkylation sites (tertiary alicyclic amines) is 1. The number of rotatable bonds is 3. The summed E-state index contributed by atoms with van der Waals surface area (Å²) in [6.45, 7) is 1.79. The van der Waals surface area contributed by atoms with Crippen molar-refractivity contribution in [1.82, 2.24) is 4.90 Å². The van der Waals surface area contributed by atoms with Gasteiger partial charge in [-0.1, -0.05) is 42.0 Å². The number of amides is 1. The van der Waals surface area contributed by atoms with Crippen molar-refractivity contribution in [2.24, 2.45) is 0 Å². The minimum Gasteiger partial charge on any atom is -0.339 e. The van der Waals surface area contributed by atoms with Crippen LogP contribution < -0.4 is 0 Å². The van der Waals surface area contributed by atoms with Gasteiger partial charge < -0.3 is 4.90 Å². The Balaban J connectivity index is 1.85. The molecule has 3 heteroatoms. The van der Waals surface area contributed by atoms with Gasteiger partial charge in [0.1, 0.15) is 0 Å². The number of allylic oxidation sites excluding steroid dienone is 2. The maximum Gasteiger partial charge on any atom is 0.246 e. The Kier molecular flexibility index (Phi) is 5.22. The quantitative estimate of drug-likeness (QED) is 0.605. The highest BCUT2D eigenvalue weighted by Crippen LogP contribution is 2.11. The minimum atomic E-state index is 0.112. The van der Waals surface area contributed by atoms with Crippen LogP contribution >= 0.6 is 11.6 Å². The maximum atomic E-state index is 11.8. The van der Waals surface area contributed by atoms with Crippen LogP contribution in [0.5, 0.6) is 0 Å². The summed E-state index contributed by atoms with van der Waals surface area (Å²) < 4.78 is 0. The molecule has 1 aromatic carbocycles. The van der Waals surface area contributed by atoms with Crippen molar-refractivity contribution in [3.05, 3.63) is 53.1 Å². The number of nitrogens with zero attached hydrogens (tertiary/aromatic N) is 1. The number of hydrogen-bond donors (Lipinski definition) is 0. The molecule has 0 unspecified atom stereocenters. The molecule has 0 atom stereocenters. The van der Waals surface area contributed by atoms with E-state index in [1.165, 1.54) is 6.42 Å². The Morgan fingerprint density at radius 2 is 1.74 bits per heavy atom. The number of hydrogen-bond acceptors (Lipinski definition) is 1. The van der Waals surface area contributed by atoms with Crippen LogP contribution in [0.2, 0.25) is 5.02 Å². The summed E-state index contributed by atoms with van der Waals surface area (Å²) >= 11 is 5.81. The van der Waals surface area contributed by atoms with Crippen LogP contribution in [0.1, 0.15) is 24.8 Å². The number of halogens is 1. The van der Waals surface area contributed by atoms with Gasteiger partial charge in [0, 0.05) is 24.2 Å². The van der Waals surface area contributed by atoms with Crippen LogP contribution in [-0.4, -0.2) is 23.9 Å². The van der Waals surface area contributed by atoms with E-state index in [4.69, 9.17) is 11.6 Å². The van der Waals surface area contributed by atoms with E-state index in [0.29, 0.717) is 0 Å². The zero-order valence-electron chi connectivity index (χ0n) is 10.9. The Bertz CT molecular complexity index is 470. The second-order valence-electron chi connectivity index (χ2n) is 4.66. The fourth-order valence-corrected chi connectivity index (χ4v) is 2.22. The van der Waals surface area contributed by atoms with Gasteiger partial charge in [-0.05, 0) is 37.0 Å². The molecule has 1 heterocycles. The monoisotopic (exact) mass is 275 g/mol. The van der Waals surface area contributed by atoms with Crippen molar-refractivity contribution < 1.29 is 4.79 Å². The number of carbonyl (C=O) groups excluding carboxylic acids is 1. The van der Waals surface area contributed by atoms with Gasteiger partial charge in [-0.2, -0.15) is 0 Å². The lowest BCUT2D eigenvalue weighted by atomic mass is 10.1. The first-order chi connectivity index (χ1) is 9.25. The summed E-state index contributed by atoms with van der Waals surface area (Å²) in [6.07, 6.45) is 10.8. The molecule has 1 aromatic rings.